The number of carboxylic acid groups (broad SMARTS) is 1. The third-order valence-electron chi connectivity index (χ3n) is 3.30. The van der Waals surface area contributed by atoms with Crippen molar-refractivity contribution in [2.45, 2.75) is 45.3 Å². The van der Waals surface area contributed by atoms with Crippen molar-refractivity contribution >= 4 is 11.9 Å². The molecular weight excluding hydrogens is 263 g/mol. The number of carbonyl (C=O) groups is 2. The molecule has 1 heterocycles. The Balaban J connectivity index is 2.80. The zero-order valence-corrected chi connectivity index (χ0v) is 10.9. The first-order chi connectivity index (χ1) is 8.62. The van der Waals surface area contributed by atoms with E-state index in [-0.39, 0.29) is 18.9 Å². The molecule has 0 aromatic rings. The van der Waals surface area contributed by atoms with Crippen LogP contribution in [-0.4, -0.2) is 40.6 Å². The number of piperidine rings is 1. The highest BCUT2D eigenvalue weighted by Crippen LogP contribution is 2.31. The highest BCUT2D eigenvalue weighted by molar-refractivity contribution is 5.87. The highest BCUT2D eigenvalue weighted by atomic mass is 19.4. The summed E-state index contributed by atoms with van der Waals surface area (Å²) in [6.45, 7) is 3.80. The van der Waals surface area contributed by atoms with Gasteiger partial charge in [0.25, 0.3) is 0 Å². The number of hydrogen-bond acceptors (Lipinski definition) is 2. The number of aliphatic carboxylic acids is 1. The van der Waals surface area contributed by atoms with Crippen LogP contribution in [0.15, 0.2) is 0 Å². The summed E-state index contributed by atoms with van der Waals surface area (Å²) in [5.41, 5.74) is 0. The summed E-state index contributed by atoms with van der Waals surface area (Å²) in [7, 11) is 0. The van der Waals surface area contributed by atoms with Crippen molar-refractivity contribution in [1.29, 1.82) is 0 Å². The van der Waals surface area contributed by atoms with E-state index in [0.29, 0.717) is 17.2 Å². The lowest BCUT2D eigenvalue weighted by Crippen LogP contribution is -2.54. The summed E-state index contributed by atoms with van der Waals surface area (Å²) >= 11 is 0. The van der Waals surface area contributed by atoms with Gasteiger partial charge in [0, 0.05) is 6.54 Å². The maximum atomic E-state index is 12.4. The monoisotopic (exact) mass is 281 g/mol. The average Bonchev–Trinajstić information content (AvgIpc) is 2.25. The average molecular weight is 281 g/mol. The van der Waals surface area contributed by atoms with Gasteiger partial charge in [0.1, 0.15) is 6.04 Å². The molecule has 1 aliphatic heterocycles. The smallest absolute Gasteiger partial charge is 0.471 e. The van der Waals surface area contributed by atoms with Gasteiger partial charge in [0.05, 0.1) is 0 Å². The van der Waals surface area contributed by atoms with E-state index in [0.717, 1.165) is 6.42 Å². The number of hydrogen-bond donors (Lipinski definition) is 1. The molecule has 1 rings (SSSR count). The lowest BCUT2D eigenvalue weighted by molar-refractivity contribution is -0.192. The second-order valence-electron chi connectivity index (χ2n) is 5.37. The highest BCUT2D eigenvalue weighted by Gasteiger charge is 2.48. The molecule has 110 valence electrons. The molecular formula is C12H18F3NO3. The number of carboxylic acids is 1. The third-order valence-corrected chi connectivity index (χ3v) is 3.30. The van der Waals surface area contributed by atoms with Crippen molar-refractivity contribution < 1.29 is 27.9 Å². The van der Waals surface area contributed by atoms with Crippen LogP contribution in [0.4, 0.5) is 13.2 Å². The van der Waals surface area contributed by atoms with Crippen LogP contribution in [0, 0.1) is 11.8 Å². The summed E-state index contributed by atoms with van der Waals surface area (Å²) in [4.78, 5) is 22.7. The van der Waals surface area contributed by atoms with Gasteiger partial charge in [-0.25, -0.2) is 4.79 Å². The SMILES string of the molecule is CC(C)C[C@@H]1CCN(C(=O)C(F)(F)F)[C@H](C(=O)O)C1. The maximum Gasteiger partial charge on any atom is 0.471 e. The van der Waals surface area contributed by atoms with E-state index in [1.165, 1.54) is 0 Å². The number of halogens is 3. The molecule has 0 radical (unpaired) electrons. The van der Waals surface area contributed by atoms with Gasteiger partial charge in [-0.15, -0.1) is 0 Å². The fourth-order valence-electron chi connectivity index (χ4n) is 2.56. The molecule has 0 bridgehead atoms. The number of alkyl halides is 3. The van der Waals surface area contributed by atoms with E-state index in [4.69, 9.17) is 5.11 Å². The van der Waals surface area contributed by atoms with E-state index in [2.05, 4.69) is 0 Å². The Morgan fingerprint density at radius 2 is 1.95 bits per heavy atom. The van der Waals surface area contributed by atoms with Crippen LogP contribution in [0.2, 0.25) is 0 Å². The first-order valence-corrected chi connectivity index (χ1v) is 6.23. The van der Waals surface area contributed by atoms with Crippen molar-refractivity contribution in [3.63, 3.8) is 0 Å². The Morgan fingerprint density at radius 3 is 2.37 bits per heavy atom. The fourth-order valence-corrected chi connectivity index (χ4v) is 2.56. The summed E-state index contributed by atoms with van der Waals surface area (Å²) in [6, 6.07) is -1.37. The minimum Gasteiger partial charge on any atom is -0.480 e. The van der Waals surface area contributed by atoms with Gasteiger partial charge in [-0.3, -0.25) is 4.79 Å². The molecule has 4 nitrogen and oxygen atoms in total. The predicted octanol–water partition coefficient (Wildman–Crippen LogP) is 2.29. The van der Waals surface area contributed by atoms with Gasteiger partial charge in [0.15, 0.2) is 0 Å². The molecule has 0 saturated carbocycles. The van der Waals surface area contributed by atoms with E-state index >= 15 is 0 Å². The number of carbonyl (C=O) groups excluding carboxylic acids is 1. The van der Waals surface area contributed by atoms with Gasteiger partial charge in [-0.2, -0.15) is 13.2 Å². The molecule has 1 fully saturated rings. The first-order valence-electron chi connectivity index (χ1n) is 6.23. The zero-order chi connectivity index (χ0) is 14.8. The normalized spacial score (nSPS) is 24.6. The number of amides is 1. The van der Waals surface area contributed by atoms with E-state index in [1.54, 1.807) is 0 Å². The van der Waals surface area contributed by atoms with Crippen LogP contribution in [-0.2, 0) is 9.59 Å². The van der Waals surface area contributed by atoms with Crippen LogP contribution in [0.3, 0.4) is 0 Å². The number of nitrogens with zero attached hydrogens (tertiary/aromatic N) is 1. The second kappa shape index (κ2) is 5.79. The summed E-state index contributed by atoms with van der Waals surface area (Å²) < 4.78 is 37.2. The third kappa shape index (κ3) is 4.11. The van der Waals surface area contributed by atoms with Gasteiger partial charge < -0.3 is 10.0 Å². The summed E-state index contributed by atoms with van der Waals surface area (Å²) in [5, 5.41) is 9.01. The molecule has 1 amide bonds. The summed E-state index contributed by atoms with van der Waals surface area (Å²) in [6.07, 6.45) is -3.74. The minimum atomic E-state index is -5.02. The number of likely N-dealkylation sites (tertiary alicyclic amines) is 1. The largest absolute Gasteiger partial charge is 0.480 e. The topological polar surface area (TPSA) is 57.6 Å². The van der Waals surface area contributed by atoms with E-state index < -0.39 is 24.1 Å². The molecule has 7 heteroatoms. The molecule has 0 aromatic carbocycles. The van der Waals surface area contributed by atoms with Crippen molar-refractivity contribution in [3.05, 3.63) is 0 Å². The molecule has 0 unspecified atom stereocenters. The van der Waals surface area contributed by atoms with Crippen LogP contribution in [0.1, 0.15) is 33.1 Å². The molecule has 2 atom stereocenters. The van der Waals surface area contributed by atoms with Gasteiger partial charge >= 0.3 is 18.1 Å². The van der Waals surface area contributed by atoms with Gasteiger partial charge in [0.2, 0.25) is 0 Å². The standard InChI is InChI=1S/C12H18F3NO3/c1-7(2)5-8-3-4-16(9(6-8)10(17)18)11(19)12(13,14)15/h7-9H,3-6H2,1-2H3,(H,17,18)/t8-,9-/m0/s1. The molecule has 0 aliphatic carbocycles. The van der Waals surface area contributed by atoms with Crippen molar-refractivity contribution in [2.24, 2.45) is 11.8 Å². The molecule has 0 aromatic heterocycles. The molecule has 1 saturated heterocycles. The molecule has 19 heavy (non-hydrogen) atoms. The lowest BCUT2D eigenvalue weighted by Gasteiger charge is -2.37. The second-order valence-corrected chi connectivity index (χ2v) is 5.37. The van der Waals surface area contributed by atoms with Crippen LogP contribution in [0.25, 0.3) is 0 Å². The Kier molecular flexibility index (Phi) is 4.81. The summed E-state index contributed by atoms with van der Waals surface area (Å²) in [5.74, 6) is -3.02. The number of rotatable bonds is 3. The predicted molar refractivity (Wildman–Crippen MR) is 61.4 cm³/mol. The minimum absolute atomic E-state index is 0.0541. The van der Waals surface area contributed by atoms with Gasteiger partial charge in [-0.05, 0) is 31.1 Å². The lowest BCUT2D eigenvalue weighted by atomic mass is 9.84. The Hall–Kier alpha value is -1.27. The van der Waals surface area contributed by atoms with Gasteiger partial charge in [-0.1, -0.05) is 13.8 Å². The van der Waals surface area contributed by atoms with Crippen molar-refractivity contribution in [3.8, 4) is 0 Å². The zero-order valence-electron chi connectivity index (χ0n) is 10.9. The Bertz CT molecular complexity index is 355. The Morgan fingerprint density at radius 1 is 1.37 bits per heavy atom. The Labute approximate surface area is 109 Å². The van der Waals surface area contributed by atoms with Crippen molar-refractivity contribution in [1.82, 2.24) is 4.90 Å². The molecule has 1 aliphatic rings. The quantitative estimate of drug-likeness (QED) is 0.863. The van der Waals surface area contributed by atoms with Crippen LogP contribution in [0.5, 0.6) is 0 Å². The maximum absolute atomic E-state index is 12.4. The molecule has 1 N–H and O–H groups in total. The first kappa shape index (κ1) is 15.8. The van der Waals surface area contributed by atoms with E-state index in [1.807, 2.05) is 13.8 Å². The van der Waals surface area contributed by atoms with Crippen LogP contribution < -0.4 is 0 Å². The van der Waals surface area contributed by atoms with E-state index in [9.17, 15) is 22.8 Å². The fraction of sp³-hybridized carbons (Fsp3) is 0.833. The van der Waals surface area contributed by atoms with Crippen LogP contribution >= 0.6 is 0 Å². The molecule has 0 spiro atoms. The van der Waals surface area contributed by atoms with Crippen molar-refractivity contribution in [2.75, 3.05) is 6.54 Å².